The molecule has 0 aliphatic carbocycles. The van der Waals surface area contributed by atoms with Crippen molar-refractivity contribution in [3.05, 3.63) is 53.6 Å². The van der Waals surface area contributed by atoms with E-state index in [4.69, 9.17) is 9.47 Å². The summed E-state index contributed by atoms with van der Waals surface area (Å²) in [6.07, 6.45) is 1.76. The molecule has 0 radical (unpaired) electrons. The summed E-state index contributed by atoms with van der Waals surface area (Å²) in [5.41, 5.74) is 2.75. The molecule has 0 atom stereocenters. The fourth-order valence-corrected chi connectivity index (χ4v) is 4.21. The van der Waals surface area contributed by atoms with Crippen LogP contribution in [0.15, 0.2) is 42.5 Å². The number of carbonyl (C=O) groups is 1. The summed E-state index contributed by atoms with van der Waals surface area (Å²) in [5, 5.41) is 2.81. The summed E-state index contributed by atoms with van der Waals surface area (Å²) in [7, 11) is -3.49. The highest BCUT2D eigenvalue weighted by molar-refractivity contribution is 7.92. The van der Waals surface area contributed by atoms with E-state index in [0.29, 0.717) is 31.0 Å². The number of hydrogen-bond acceptors (Lipinski definition) is 5. The lowest BCUT2D eigenvalue weighted by atomic mass is 10.1. The molecule has 0 aliphatic rings. The smallest absolute Gasteiger partial charge is 0.232 e. The van der Waals surface area contributed by atoms with E-state index in [2.05, 4.69) is 5.32 Å². The minimum absolute atomic E-state index is 0.0143. The lowest BCUT2D eigenvalue weighted by Crippen LogP contribution is -2.33. The molecule has 0 heterocycles. The van der Waals surface area contributed by atoms with Crippen molar-refractivity contribution in [2.45, 2.75) is 46.6 Å². The summed E-state index contributed by atoms with van der Waals surface area (Å²) in [6.45, 7) is 8.79. The number of amides is 1. The molecule has 176 valence electrons. The van der Waals surface area contributed by atoms with E-state index < -0.39 is 10.0 Å². The molecule has 2 aromatic carbocycles. The average Bonchev–Trinajstić information content (AvgIpc) is 2.68. The molecule has 2 aromatic rings. The number of nitrogens with one attached hydrogen (secondary N) is 1. The van der Waals surface area contributed by atoms with Gasteiger partial charge in [0.05, 0.1) is 24.6 Å². The van der Waals surface area contributed by atoms with E-state index in [1.54, 1.807) is 24.3 Å². The van der Waals surface area contributed by atoms with Gasteiger partial charge in [0.2, 0.25) is 15.9 Å². The van der Waals surface area contributed by atoms with Crippen molar-refractivity contribution < 1.29 is 22.7 Å². The van der Waals surface area contributed by atoms with Crippen LogP contribution in [-0.4, -0.2) is 46.4 Å². The van der Waals surface area contributed by atoms with Crippen LogP contribution in [0.4, 0.5) is 5.69 Å². The van der Waals surface area contributed by atoms with Gasteiger partial charge in [-0.2, -0.15) is 0 Å². The zero-order chi connectivity index (χ0) is 23.7. The fourth-order valence-electron chi connectivity index (χ4n) is 3.25. The lowest BCUT2D eigenvalue weighted by Gasteiger charge is -2.23. The Morgan fingerprint density at radius 2 is 1.88 bits per heavy atom. The first-order chi connectivity index (χ1) is 15.1. The van der Waals surface area contributed by atoms with E-state index in [1.165, 1.54) is 9.87 Å². The second-order valence-corrected chi connectivity index (χ2v) is 9.98. The number of benzene rings is 2. The Morgan fingerprint density at radius 1 is 1.12 bits per heavy atom. The van der Waals surface area contributed by atoms with Gasteiger partial charge in [0.1, 0.15) is 18.1 Å². The highest BCUT2D eigenvalue weighted by Gasteiger charge is 2.18. The third-order valence-corrected chi connectivity index (χ3v) is 5.85. The molecule has 0 aliphatic heterocycles. The molecule has 7 nitrogen and oxygen atoms in total. The van der Waals surface area contributed by atoms with E-state index in [9.17, 15) is 13.2 Å². The minimum Gasteiger partial charge on any atom is -0.491 e. The van der Waals surface area contributed by atoms with E-state index in [-0.39, 0.29) is 25.0 Å². The van der Waals surface area contributed by atoms with Crippen LogP contribution in [-0.2, 0) is 14.8 Å². The summed E-state index contributed by atoms with van der Waals surface area (Å²) in [6, 6.07) is 12.9. The number of carbonyl (C=O) groups excluding carboxylic acids is 1. The maximum Gasteiger partial charge on any atom is 0.232 e. The monoisotopic (exact) mass is 462 g/mol. The van der Waals surface area contributed by atoms with Crippen LogP contribution in [0.5, 0.6) is 11.5 Å². The molecule has 0 saturated heterocycles. The van der Waals surface area contributed by atoms with Crippen LogP contribution < -0.4 is 19.1 Å². The Bertz CT molecular complexity index is 1010. The second kappa shape index (κ2) is 11.8. The number of hydrogen-bond donors (Lipinski definition) is 1. The standard InChI is InChI=1S/C24H34N2O5S/c1-18(2)31-22-9-6-8-21(17-22)26(32(5,28)29)14-7-10-24(27)25-13-15-30-23-12-11-19(3)16-20(23)4/h6,8-9,11-12,16-18H,7,10,13-15H2,1-5H3,(H,25,27). The van der Waals surface area contributed by atoms with Crippen molar-refractivity contribution in [1.29, 1.82) is 0 Å². The SMILES string of the molecule is Cc1ccc(OCCNC(=O)CCCN(c2cccc(OC(C)C)c2)S(C)(=O)=O)c(C)c1. The van der Waals surface area contributed by atoms with Gasteiger partial charge < -0.3 is 14.8 Å². The second-order valence-electron chi connectivity index (χ2n) is 8.07. The van der Waals surface area contributed by atoms with Crippen LogP contribution in [0.2, 0.25) is 0 Å². The molecular formula is C24H34N2O5S. The van der Waals surface area contributed by atoms with Gasteiger partial charge in [-0.1, -0.05) is 23.8 Å². The number of anilines is 1. The molecule has 0 unspecified atom stereocenters. The van der Waals surface area contributed by atoms with Crippen molar-refractivity contribution in [2.24, 2.45) is 0 Å². The number of ether oxygens (including phenoxy) is 2. The van der Waals surface area contributed by atoms with E-state index >= 15 is 0 Å². The van der Waals surface area contributed by atoms with Gasteiger partial charge in [0.25, 0.3) is 0 Å². The fraction of sp³-hybridized carbons (Fsp3) is 0.458. The first kappa shape index (κ1) is 25.5. The molecule has 0 saturated carbocycles. The summed E-state index contributed by atoms with van der Waals surface area (Å²) < 4.78 is 37.3. The van der Waals surface area contributed by atoms with Crippen LogP contribution in [0.3, 0.4) is 0 Å². The Hall–Kier alpha value is -2.74. The van der Waals surface area contributed by atoms with E-state index in [0.717, 1.165) is 17.6 Å². The molecule has 1 N–H and O–H groups in total. The molecule has 0 spiro atoms. The predicted octanol–water partition coefficient (Wildman–Crippen LogP) is 3.83. The van der Waals surface area contributed by atoms with Gasteiger partial charge in [-0.25, -0.2) is 8.42 Å². The van der Waals surface area contributed by atoms with Crippen molar-refractivity contribution in [3.63, 3.8) is 0 Å². The number of aryl methyl sites for hydroxylation is 2. The maximum absolute atomic E-state index is 12.3. The summed E-state index contributed by atoms with van der Waals surface area (Å²) in [5.74, 6) is 1.27. The van der Waals surface area contributed by atoms with Gasteiger partial charge in [-0.05, 0) is 57.9 Å². The Morgan fingerprint density at radius 3 is 2.53 bits per heavy atom. The van der Waals surface area contributed by atoms with Crippen molar-refractivity contribution in [1.82, 2.24) is 5.32 Å². The number of nitrogens with zero attached hydrogens (tertiary/aromatic N) is 1. The van der Waals surface area contributed by atoms with Crippen molar-refractivity contribution >= 4 is 21.6 Å². The van der Waals surface area contributed by atoms with E-state index in [1.807, 2.05) is 45.9 Å². The van der Waals surface area contributed by atoms with Gasteiger partial charge in [-0.15, -0.1) is 0 Å². The zero-order valence-corrected chi connectivity index (χ0v) is 20.4. The van der Waals surface area contributed by atoms with Crippen molar-refractivity contribution in [3.8, 4) is 11.5 Å². The van der Waals surface area contributed by atoms with Crippen molar-refractivity contribution in [2.75, 3.05) is 30.3 Å². The van der Waals surface area contributed by atoms with Gasteiger partial charge >= 0.3 is 0 Å². The molecule has 0 fully saturated rings. The highest BCUT2D eigenvalue weighted by Crippen LogP contribution is 2.24. The van der Waals surface area contributed by atoms with Crippen LogP contribution >= 0.6 is 0 Å². The number of sulfonamides is 1. The van der Waals surface area contributed by atoms with Gasteiger partial charge in [0.15, 0.2) is 0 Å². The molecular weight excluding hydrogens is 428 g/mol. The Balaban J connectivity index is 1.82. The normalized spacial score (nSPS) is 11.3. The first-order valence-electron chi connectivity index (χ1n) is 10.8. The highest BCUT2D eigenvalue weighted by atomic mass is 32.2. The Labute approximate surface area is 191 Å². The third-order valence-electron chi connectivity index (χ3n) is 4.65. The minimum atomic E-state index is -3.49. The zero-order valence-electron chi connectivity index (χ0n) is 19.6. The molecule has 2 rings (SSSR count). The van der Waals surface area contributed by atoms with Gasteiger partial charge in [0, 0.05) is 19.0 Å². The van der Waals surface area contributed by atoms with Crippen LogP contribution in [0.25, 0.3) is 0 Å². The maximum atomic E-state index is 12.3. The van der Waals surface area contributed by atoms with Crippen LogP contribution in [0, 0.1) is 13.8 Å². The molecule has 0 aromatic heterocycles. The predicted molar refractivity (Wildman–Crippen MR) is 128 cm³/mol. The molecule has 8 heteroatoms. The largest absolute Gasteiger partial charge is 0.491 e. The average molecular weight is 463 g/mol. The quantitative estimate of drug-likeness (QED) is 0.485. The molecule has 32 heavy (non-hydrogen) atoms. The first-order valence-corrected chi connectivity index (χ1v) is 12.6. The topological polar surface area (TPSA) is 84.9 Å². The Kier molecular flexibility index (Phi) is 9.38. The summed E-state index contributed by atoms with van der Waals surface area (Å²) in [4.78, 5) is 12.2. The van der Waals surface area contributed by atoms with Crippen LogP contribution in [0.1, 0.15) is 37.8 Å². The lowest BCUT2D eigenvalue weighted by molar-refractivity contribution is -0.121. The summed E-state index contributed by atoms with van der Waals surface area (Å²) >= 11 is 0. The third kappa shape index (κ3) is 8.42. The molecule has 1 amide bonds. The number of rotatable bonds is 12. The molecule has 0 bridgehead atoms. The van der Waals surface area contributed by atoms with Gasteiger partial charge in [-0.3, -0.25) is 9.10 Å².